The summed E-state index contributed by atoms with van der Waals surface area (Å²) in [5, 5.41) is 2.26. The van der Waals surface area contributed by atoms with Crippen LogP contribution < -0.4 is 0 Å². The van der Waals surface area contributed by atoms with Gasteiger partial charge in [-0.25, -0.2) is 4.39 Å². The van der Waals surface area contributed by atoms with Crippen LogP contribution in [0.3, 0.4) is 0 Å². The van der Waals surface area contributed by atoms with Crippen LogP contribution in [0, 0.1) is 31.8 Å². The summed E-state index contributed by atoms with van der Waals surface area (Å²) in [6.07, 6.45) is 3.61. The molecule has 0 saturated carbocycles. The molecular formula is C31H25FIrN2-2. The fraction of sp³-hybridized carbons (Fsp3) is 0.161. The second kappa shape index (κ2) is 9.81. The molecule has 0 amide bonds. The van der Waals surface area contributed by atoms with Crippen LogP contribution in [0.1, 0.15) is 36.1 Å². The Bertz CT molecular complexity index is 1480. The Hall–Kier alpha value is -3.20. The van der Waals surface area contributed by atoms with Crippen LogP contribution in [0.4, 0.5) is 4.39 Å². The number of aryl methyl sites for hydroxylation is 2. The van der Waals surface area contributed by atoms with E-state index in [0.29, 0.717) is 5.56 Å². The van der Waals surface area contributed by atoms with Gasteiger partial charge in [-0.05, 0) is 52.2 Å². The van der Waals surface area contributed by atoms with Gasteiger partial charge in [-0.1, -0.05) is 56.2 Å². The molecule has 0 unspecified atom stereocenters. The number of benzene rings is 3. The number of hydrogen-bond acceptors (Lipinski definition) is 2. The largest absolute Gasteiger partial charge is 0.305 e. The van der Waals surface area contributed by atoms with Gasteiger partial charge in [0.05, 0.1) is 0 Å². The van der Waals surface area contributed by atoms with E-state index in [2.05, 4.69) is 74.1 Å². The topological polar surface area (TPSA) is 25.8 Å². The maximum atomic E-state index is 14.4. The maximum absolute atomic E-state index is 14.4. The molecule has 4 heteroatoms. The van der Waals surface area contributed by atoms with Crippen LogP contribution in [0.15, 0.2) is 79.1 Å². The fourth-order valence-corrected chi connectivity index (χ4v) is 4.76. The molecule has 2 heterocycles. The van der Waals surface area contributed by atoms with Gasteiger partial charge < -0.3 is 9.97 Å². The van der Waals surface area contributed by atoms with Crippen LogP contribution >= 0.6 is 0 Å². The molecule has 5 aromatic rings. The third kappa shape index (κ3) is 4.57. The van der Waals surface area contributed by atoms with Gasteiger partial charge in [0.25, 0.3) is 0 Å². The van der Waals surface area contributed by atoms with E-state index in [1.54, 1.807) is 12.3 Å². The Balaban J connectivity index is 0.000000171. The number of rotatable bonds is 1. The van der Waals surface area contributed by atoms with Gasteiger partial charge in [-0.15, -0.1) is 59.2 Å². The predicted octanol–water partition coefficient (Wildman–Crippen LogP) is 7.64. The number of pyridine rings is 2. The van der Waals surface area contributed by atoms with Crippen molar-refractivity contribution in [1.29, 1.82) is 0 Å². The van der Waals surface area contributed by atoms with E-state index in [9.17, 15) is 4.39 Å². The van der Waals surface area contributed by atoms with Gasteiger partial charge in [-0.2, -0.15) is 0 Å². The molecule has 3 aromatic carbocycles. The van der Waals surface area contributed by atoms with E-state index in [-0.39, 0.29) is 31.3 Å². The van der Waals surface area contributed by atoms with Gasteiger partial charge >= 0.3 is 0 Å². The van der Waals surface area contributed by atoms with Crippen molar-refractivity contribution in [3.05, 3.63) is 119 Å². The zero-order chi connectivity index (χ0) is 23.9. The molecule has 1 aliphatic carbocycles. The van der Waals surface area contributed by atoms with Crippen molar-refractivity contribution in [3.63, 3.8) is 0 Å². The quantitative estimate of drug-likeness (QED) is 0.177. The minimum absolute atomic E-state index is 0. The third-order valence-corrected chi connectivity index (χ3v) is 6.42. The van der Waals surface area contributed by atoms with E-state index < -0.39 is 0 Å². The zero-order valence-electron chi connectivity index (χ0n) is 20.1. The first-order valence-electron chi connectivity index (χ1n) is 11.4. The van der Waals surface area contributed by atoms with Crippen molar-refractivity contribution in [2.75, 3.05) is 0 Å². The van der Waals surface area contributed by atoms with Gasteiger partial charge in [-0.3, -0.25) is 0 Å². The molecule has 2 aromatic heterocycles. The zero-order valence-corrected chi connectivity index (χ0v) is 22.5. The number of fused-ring (bicyclic) bond motifs is 2. The van der Waals surface area contributed by atoms with Crippen LogP contribution in [0.2, 0.25) is 0 Å². The van der Waals surface area contributed by atoms with E-state index in [1.165, 1.54) is 17.2 Å². The Kier molecular flexibility index (Phi) is 6.98. The minimum atomic E-state index is -0.382. The second-order valence-corrected chi connectivity index (χ2v) is 9.26. The summed E-state index contributed by atoms with van der Waals surface area (Å²) in [5.41, 5.74) is 7.59. The van der Waals surface area contributed by atoms with Gasteiger partial charge in [0.2, 0.25) is 0 Å². The van der Waals surface area contributed by atoms with Crippen molar-refractivity contribution < 1.29 is 24.5 Å². The van der Waals surface area contributed by atoms with Crippen molar-refractivity contribution >= 4 is 10.8 Å². The summed E-state index contributed by atoms with van der Waals surface area (Å²) in [6, 6.07) is 27.8. The molecule has 0 fully saturated rings. The summed E-state index contributed by atoms with van der Waals surface area (Å²) in [5.74, 6) is -0.183. The smallest absolute Gasteiger partial charge is 0.0459 e. The summed E-state index contributed by atoms with van der Waals surface area (Å²) in [7, 11) is 0. The van der Waals surface area contributed by atoms with Crippen LogP contribution in [0.25, 0.3) is 33.3 Å². The Morgan fingerprint density at radius 1 is 0.829 bits per heavy atom. The first kappa shape index (κ1) is 24.9. The predicted molar refractivity (Wildman–Crippen MR) is 136 cm³/mol. The van der Waals surface area contributed by atoms with Crippen LogP contribution in [0.5, 0.6) is 0 Å². The molecule has 1 radical (unpaired) electrons. The van der Waals surface area contributed by atoms with Gasteiger partial charge in [0.15, 0.2) is 0 Å². The molecule has 2 nitrogen and oxygen atoms in total. The van der Waals surface area contributed by atoms with Gasteiger partial charge in [0, 0.05) is 38.3 Å². The monoisotopic (exact) mass is 637 g/mol. The summed E-state index contributed by atoms with van der Waals surface area (Å²) in [4.78, 5) is 8.81. The molecule has 0 spiro atoms. The molecule has 35 heavy (non-hydrogen) atoms. The Morgan fingerprint density at radius 3 is 2.34 bits per heavy atom. The molecule has 6 rings (SSSR count). The molecular weight excluding hydrogens is 612 g/mol. The molecule has 177 valence electrons. The standard InChI is InChI=1S/C18H13FN.C13H12N.Ir/c1-18(2)13-7-3-5-11-9-10-20-17(15(11)13)12-6-4-8-14(19)16(12)18;1-10-4-3-5-12(8-10)13-9-11(2)6-7-14-13;/h3-5,7-10H,1-2H3;3-4,6-9H,1-2H3;/q2*-1;. The SMILES string of the molecule is CC1(C)c2c([c-]ccc2F)-c2nccc3cccc1c23.Cc1cc[c-]c(-c2cc(C)ccn2)c1.[Ir]. The molecule has 0 bridgehead atoms. The maximum Gasteiger partial charge on any atom is 0.0459 e. The molecule has 0 aliphatic heterocycles. The number of aromatic nitrogens is 2. The van der Waals surface area contributed by atoms with E-state index in [4.69, 9.17) is 0 Å². The van der Waals surface area contributed by atoms with Crippen molar-refractivity contribution in [1.82, 2.24) is 9.97 Å². The van der Waals surface area contributed by atoms with Gasteiger partial charge in [0.1, 0.15) is 0 Å². The third-order valence-electron chi connectivity index (χ3n) is 6.42. The number of nitrogens with zero attached hydrogens (tertiary/aromatic N) is 2. The number of hydrogen-bond donors (Lipinski definition) is 0. The molecule has 0 atom stereocenters. The van der Waals surface area contributed by atoms with E-state index in [0.717, 1.165) is 38.9 Å². The normalized spacial score (nSPS) is 12.7. The summed E-state index contributed by atoms with van der Waals surface area (Å²) < 4.78 is 14.4. The Labute approximate surface area is 219 Å². The average molecular weight is 637 g/mol. The van der Waals surface area contributed by atoms with Crippen molar-refractivity contribution in [3.8, 4) is 22.5 Å². The second-order valence-electron chi connectivity index (χ2n) is 9.26. The van der Waals surface area contributed by atoms with Crippen molar-refractivity contribution in [2.24, 2.45) is 0 Å². The van der Waals surface area contributed by atoms with Crippen molar-refractivity contribution in [2.45, 2.75) is 33.1 Å². The molecule has 1 aliphatic rings. The molecule has 0 N–H and O–H groups in total. The fourth-order valence-electron chi connectivity index (χ4n) is 4.76. The summed E-state index contributed by atoms with van der Waals surface area (Å²) in [6.45, 7) is 8.27. The first-order chi connectivity index (χ1) is 16.4. The number of halogens is 1. The summed E-state index contributed by atoms with van der Waals surface area (Å²) >= 11 is 0. The average Bonchev–Trinajstić information content (AvgIpc) is 2.83. The minimum Gasteiger partial charge on any atom is -0.305 e. The molecule has 0 saturated heterocycles. The van der Waals surface area contributed by atoms with Crippen LogP contribution in [-0.4, -0.2) is 9.97 Å². The Morgan fingerprint density at radius 2 is 1.57 bits per heavy atom. The van der Waals surface area contributed by atoms with Crippen LogP contribution in [-0.2, 0) is 25.5 Å². The first-order valence-corrected chi connectivity index (χ1v) is 11.4. The van der Waals surface area contributed by atoms with E-state index >= 15 is 0 Å². The van der Waals surface area contributed by atoms with E-state index in [1.807, 2.05) is 36.5 Å².